The minimum Gasteiger partial charge on any atom is -0.463 e. The van der Waals surface area contributed by atoms with Crippen molar-refractivity contribution in [3.05, 3.63) is 41.6 Å². The maximum atomic E-state index is 11.5. The quantitative estimate of drug-likeness (QED) is 0.649. The van der Waals surface area contributed by atoms with Crippen LogP contribution < -0.4 is 0 Å². The van der Waals surface area contributed by atoms with Crippen molar-refractivity contribution in [2.45, 2.75) is 13.8 Å². The lowest BCUT2D eigenvalue weighted by molar-refractivity contribution is -0.138. The first-order valence-corrected chi connectivity index (χ1v) is 5.63. The van der Waals surface area contributed by atoms with Crippen LogP contribution in [0.5, 0.6) is 0 Å². The molecule has 1 aromatic carbocycles. The van der Waals surface area contributed by atoms with E-state index < -0.39 is 0 Å². The Labute approximate surface area is 100 Å². The maximum Gasteiger partial charge on any atom is 0.333 e. The number of ether oxygens (including phenoxy) is 1. The van der Waals surface area contributed by atoms with Crippen LogP contribution in [0.15, 0.2) is 36.0 Å². The van der Waals surface area contributed by atoms with Crippen LogP contribution in [0.4, 0.5) is 0 Å². The van der Waals surface area contributed by atoms with Gasteiger partial charge in [-0.25, -0.2) is 4.79 Å². The highest BCUT2D eigenvalue weighted by Gasteiger charge is 2.04. The van der Waals surface area contributed by atoms with Gasteiger partial charge in [-0.2, -0.15) is 0 Å². The molecule has 0 fully saturated rings. The summed E-state index contributed by atoms with van der Waals surface area (Å²) < 4.78 is 4.93. The molecule has 0 bridgehead atoms. The van der Waals surface area contributed by atoms with Crippen molar-refractivity contribution in [1.29, 1.82) is 0 Å². The van der Waals surface area contributed by atoms with Crippen LogP contribution in [0.1, 0.15) is 19.4 Å². The molecule has 0 aliphatic heterocycles. The molecule has 0 radical (unpaired) electrons. The summed E-state index contributed by atoms with van der Waals surface area (Å²) in [5.41, 5.74) is 2.67. The molecule has 17 heavy (non-hydrogen) atoms. The third-order valence-electron chi connectivity index (χ3n) is 2.56. The van der Waals surface area contributed by atoms with Gasteiger partial charge in [0.05, 0.1) is 6.61 Å². The summed E-state index contributed by atoms with van der Waals surface area (Å²) in [4.78, 5) is 14.6. The molecule has 2 aromatic rings. The summed E-state index contributed by atoms with van der Waals surface area (Å²) in [5.74, 6) is -0.265. The van der Waals surface area contributed by atoms with Crippen LogP contribution in [0.25, 0.3) is 17.0 Å². The molecule has 0 atom stereocenters. The Hall–Kier alpha value is -2.03. The lowest BCUT2D eigenvalue weighted by Gasteiger charge is -2.01. The van der Waals surface area contributed by atoms with Gasteiger partial charge in [0, 0.05) is 17.3 Å². The van der Waals surface area contributed by atoms with E-state index in [1.807, 2.05) is 36.5 Å². The predicted octanol–water partition coefficient (Wildman–Crippen LogP) is 3.13. The average Bonchev–Trinajstić information content (AvgIpc) is 2.76. The zero-order valence-electron chi connectivity index (χ0n) is 9.99. The van der Waals surface area contributed by atoms with Crippen LogP contribution in [-0.4, -0.2) is 17.6 Å². The maximum absolute atomic E-state index is 11.5. The fraction of sp³-hybridized carbons (Fsp3) is 0.214. The van der Waals surface area contributed by atoms with E-state index in [9.17, 15) is 4.79 Å². The second-order valence-electron chi connectivity index (χ2n) is 3.87. The van der Waals surface area contributed by atoms with E-state index in [2.05, 4.69) is 4.98 Å². The smallest absolute Gasteiger partial charge is 0.333 e. The third kappa shape index (κ3) is 2.56. The van der Waals surface area contributed by atoms with E-state index in [-0.39, 0.29) is 5.97 Å². The number of nitrogens with one attached hydrogen (secondary N) is 1. The number of aromatic amines is 1. The summed E-state index contributed by atoms with van der Waals surface area (Å²) in [6.07, 6.45) is 3.73. The molecule has 0 saturated carbocycles. The van der Waals surface area contributed by atoms with Gasteiger partial charge >= 0.3 is 5.97 Å². The van der Waals surface area contributed by atoms with Gasteiger partial charge in [0.1, 0.15) is 0 Å². The number of hydrogen-bond acceptors (Lipinski definition) is 2. The summed E-state index contributed by atoms with van der Waals surface area (Å²) in [6.45, 7) is 3.97. The Morgan fingerprint density at radius 2 is 2.24 bits per heavy atom. The summed E-state index contributed by atoms with van der Waals surface area (Å²) in [7, 11) is 0. The number of carbonyl (C=O) groups excluding carboxylic acids is 1. The SMILES string of the molecule is CCOC(=O)/C(C)=C/c1ccc2cc[nH]c2c1. The lowest BCUT2D eigenvalue weighted by Crippen LogP contribution is -2.04. The Morgan fingerprint density at radius 3 is 3.00 bits per heavy atom. The van der Waals surface area contributed by atoms with E-state index in [4.69, 9.17) is 4.74 Å². The Morgan fingerprint density at radius 1 is 1.41 bits per heavy atom. The van der Waals surface area contributed by atoms with Crippen molar-refractivity contribution in [3.8, 4) is 0 Å². The van der Waals surface area contributed by atoms with E-state index in [1.54, 1.807) is 13.8 Å². The van der Waals surface area contributed by atoms with Crippen molar-refractivity contribution in [2.75, 3.05) is 6.61 Å². The van der Waals surface area contributed by atoms with Crippen LogP contribution in [0.3, 0.4) is 0 Å². The molecule has 3 nitrogen and oxygen atoms in total. The fourth-order valence-corrected chi connectivity index (χ4v) is 1.71. The molecular formula is C14H15NO2. The first-order valence-electron chi connectivity index (χ1n) is 5.63. The van der Waals surface area contributed by atoms with Crippen LogP contribution >= 0.6 is 0 Å². The standard InChI is InChI=1S/C14H15NO2/c1-3-17-14(16)10(2)8-11-4-5-12-6-7-15-13(12)9-11/h4-9,15H,3H2,1-2H3/b10-8+. The van der Waals surface area contributed by atoms with Gasteiger partial charge in [-0.1, -0.05) is 12.1 Å². The van der Waals surface area contributed by atoms with Crippen molar-refractivity contribution in [2.24, 2.45) is 0 Å². The Balaban J connectivity index is 2.27. The summed E-state index contributed by atoms with van der Waals surface area (Å²) >= 11 is 0. The molecule has 0 saturated heterocycles. The van der Waals surface area contributed by atoms with E-state index in [1.165, 1.54) is 0 Å². The molecule has 0 aliphatic rings. The van der Waals surface area contributed by atoms with Gasteiger partial charge in [-0.15, -0.1) is 0 Å². The topological polar surface area (TPSA) is 42.1 Å². The van der Waals surface area contributed by atoms with Gasteiger partial charge in [-0.05, 0) is 43.0 Å². The van der Waals surface area contributed by atoms with Gasteiger partial charge in [0.15, 0.2) is 0 Å². The second kappa shape index (κ2) is 4.87. The van der Waals surface area contributed by atoms with Gasteiger partial charge in [0.25, 0.3) is 0 Å². The zero-order chi connectivity index (χ0) is 12.3. The Bertz CT molecular complexity index is 566. The third-order valence-corrected chi connectivity index (χ3v) is 2.56. The monoisotopic (exact) mass is 229 g/mol. The van der Waals surface area contributed by atoms with Crippen molar-refractivity contribution < 1.29 is 9.53 Å². The number of esters is 1. The molecule has 0 aliphatic carbocycles. The van der Waals surface area contributed by atoms with Crippen LogP contribution in [0.2, 0.25) is 0 Å². The molecule has 0 amide bonds. The first kappa shape index (κ1) is 11.5. The number of carbonyl (C=O) groups is 1. The van der Waals surface area contributed by atoms with E-state index in [0.29, 0.717) is 12.2 Å². The molecule has 0 unspecified atom stereocenters. The minimum absolute atomic E-state index is 0.265. The van der Waals surface area contributed by atoms with Crippen molar-refractivity contribution in [1.82, 2.24) is 4.98 Å². The molecule has 1 aromatic heterocycles. The largest absolute Gasteiger partial charge is 0.463 e. The van der Waals surface area contributed by atoms with Crippen LogP contribution in [-0.2, 0) is 9.53 Å². The van der Waals surface area contributed by atoms with Gasteiger partial charge < -0.3 is 9.72 Å². The number of fused-ring (bicyclic) bond motifs is 1. The van der Waals surface area contributed by atoms with E-state index >= 15 is 0 Å². The minimum atomic E-state index is -0.265. The molecule has 0 spiro atoms. The predicted molar refractivity (Wildman–Crippen MR) is 68.6 cm³/mol. The normalized spacial score (nSPS) is 11.8. The summed E-state index contributed by atoms with van der Waals surface area (Å²) in [6, 6.07) is 8.04. The molecule has 1 N–H and O–H groups in total. The second-order valence-corrected chi connectivity index (χ2v) is 3.87. The molecular weight excluding hydrogens is 214 g/mol. The highest BCUT2D eigenvalue weighted by Crippen LogP contribution is 2.16. The van der Waals surface area contributed by atoms with Crippen LogP contribution in [0, 0.1) is 0 Å². The number of aromatic nitrogens is 1. The highest BCUT2D eigenvalue weighted by molar-refractivity contribution is 5.93. The Kier molecular flexibility index (Phi) is 3.28. The van der Waals surface area contributed by atoms with Gasteiger partial charge in [-0.3, -0.25) is 0 Å². The van der Waals surface area contributed by atoms with Crippen molar-refractivity contribution in [3.63, 3.8) is 0 Å². The van der Waals surface area contributed by atoms with E-state index in [0.717, 1.165) is 16.5 Å². The number of H-pyrrole nitrogens is 1. The van der Waals surface area contributed by atoms with Gasteiger partial charge in [0.2, 0.25) is 0 Å². The molecule has 2 rings (SSSR count). The average molecular weight is 229 g/mol. The zero-order valence-corrected chi connectivity index (χ0v) is 9.99. The van der Waals surface area contributed by atoms with Crippen molar-refractivity contribution >= 4 is 22.9 Å². The number of rotatable bonds is 3. The highest BCUT2D eigenvalue weighted by atomic mass is 16.5. The molecule has 88 valence electrons. The lowest BCUT2D eigenvalue weighted by atomic mass is 10.1. The number of benzene rings is 1. The molecule has 3 heteroatoms. The molecule has 1 heterocycles. The number of hydrogen-bond donors (Lipinski definition) is 1. The fourth-order valence-electron chi connectivity index (χ4n) is 1.71. The summed E-state index contributed by atoms with van der Waals surface area (Å²) in [5, 5.41) is 1.16. The first-order chi connectivity index (χ1) is 8.20.